The topological polar surface area (TPSA) is 52.6 Å². The Morgan fingerprint density at radius 1 is 0.788 bits per heavy atom. The maximum Gasteiger partial charge on any atom is 0.313 e. The second-order valence-corrected chi connectivity index (χ2v) is 10.9. The maximum absolute atomic E-state index is 12.5. The molecule has 3 aromatic rings. The Morgan fingerprint density at radius 3 is 1.52 bits per heavy atom. The first-order chi connectivity index (χ1) is 15.4. The van der Waals surface area contributed by atoms with Crippen LogP contribution in [-0.2, 0) is 19.1 Å². The normalized spacial score (nSPS) is 11.5. The minimum atomic E-state index is -2.40. The summed E-state index contributed by atoms with van der Waals surface area (Å²) in [7, 11) is -2.40. The van der Waals surface area contributed by atoms with E-state index >= 15 is 0 Å². The summed E-state index contributed by atoms with van der Waals surface area (Å²) in [6.07, 6.45) is -0.371. The third-order valence-electron chi connectivity index (χ3n) is 4.79. The van der Waals surface area contributed by atoms with E-state index in [1.807, 2.05) is 60.4 Å². The summed E-state index contributed by atoms with van der Waals surface area (Å²) in [5.41, 5.74) is 0. The van der Waals surface area contributed by atoms with Crippen LogP contribution in [0, 0.1) is 0 Å². The first-order valence-electron chi connectivity index (χ1n) is 10.6. The summed E-state index contributed by atoms with van der Waals surface area (Å²) in [5, 5.41) is 3.29. The molecule has 0 saturated heterocycles. The lowest BCUT2D eigenvalue weighted by atomic mass is 10.3. The fourth-order valence-corrected chi connectivity index (χ4v) is 7.46. The monoisotopic (exact) mass is 526 g/mol. The Hall–Kier alpha value is -2.75. The number of benzene rings is 3. The van der Waals surface area contributed by atoms with Crippen molar-refractivity contribution in [1.82, 2.24) is 0 Å². The van der Waals surface area contributed by atoms with Crippen LogP contribution in [0.5, 0.6) is 0 Å². The van der Waals surface area contributed by atoms with E-state index in [0.717, 1.165) is 15.9 Å². The highest BCUT2D eigenvalue weighted by Crippen LogP contribution is 2.57. The van der Waals surface area contributed by atoms with Crippen molar-refractivity contribution in [2.75, 3.05) is 0 Å². The number of rotatable bonds is 8. The minimum absolute atomic E-state index is 0. The smallest absolute Gasteiger partial charge is 0.313 e. The molecule has 0 aliphatic rings. The second-order valence-electron chi connectivity index (χ2n) is 7.63. The molecule has 0 bridgehead atoms. The molecule has 0 spiro atoms. The minimum Gasteiger partial charge on any atom is -1.00 e. The van der Waals surface area contributed by atoms with E-state index in [0.29, 0.717) is 5.76 Å². The molecule has 0 aliphatic heterocycles. The quantitative estimate of drug-likeness (QED) is 0.255. The number of halogens is 1. The van der Waals surface area contributed by atoms with Gasteiger partial charge in [0, 0.05) is 6.92 Å². The lowest BCUT2D eigenvalue weighted by Gasteiger charge is -2.25. The second kappa shape index (κ2) is 12.5. The van der Waals surface area contributed by atoms with Crippen molar-refractivity contribution < 1.29 is 36.0 Å². The molecule has 0 atom stereocenters. The summed E-state index contributed by atoms with van der Waals surface area (Å²) >= 11 is 0. The Bertz CT molecular complexity index is 970. The van der Waals surface area contributed by atoms with Crippen molar-refractivity contribution in [3.8, 4) is 0 Å². The average molecular weight is 527 g/mol. The summed E-state index contributed by atoms with van der Waals surface area (Å²) < 4.78 is 10.9. The molecular weight excluding hydrogens is 499 g/mol. The van der Waals surface area contributed by atoms with E-state index in [2.05, 4.69) is 36.4 Å². The molecule has 3 rings (SSSR count). The van der Waals surface area contributed by atoms with E-state index < -0.39 is 19.2 Å². The van der Waals surface area contributed by atoms with Gasteiger partial charge in [0.1, 0.15) is 35.4 Å². The van der Waals surface area contributed by atoms with Crippen LogP contribution in [0.25, 0.3) is 0 Å². The third kappa shape index (κ3) is 6.86. The summed E-state index contributed by atoms with van der Waals surface area (Å²) in [6, 6.07) is 30.5. The standard InChI is InChI=1S/C27H28O4P.BrH/c1-21(2)30-27(29)19-23(31-22(3)28)20-32(24-13-7-4-8-14-24,25-15-9-5-10-16-25)26-17-11-6-12-18-26;/h4-18,20-21H,19H2,1-3H3;1H/q+1;/p-1/b23-20-;. The Labute approximate surface area is 206 Å². The fourth-order valence-electron chi connectivity index (χ4n) is 3.62. The molecule has 0 radical (unpaired) electrons. The molecule has 0 fully saturated rings. The van der Waals surface area contributed by atoms with Crippen LogP contribution in [0.15, 0.2) is 103 Å². The van der Waals surface area contributed by atoms with Gasteiger partial charge >= 0.3 is 11.9 Å². The van der Waals surface area contributed by atoms with Gasteiger partial charge in [0.25, 0.3) is 0 Å². The van der Waals surface area contributed by atoms with Crippen LogP contribution in [0.1, 0.15) is 27.2 Å². The Kier molecular flexibility index (Phi) is 10.0. The van der Waals surface area contributed by atoms with Crippen molar-refractivity contribution in [1.29, 1.82) is 0 Å². The highest BCUT2D eigenvalue weighted by molar-refractivity contribution is 7.98. The maximum atomic E-state index is 12.5. The van der Waals surface area contributed by atoms with Crippen molar-refractivity contribution in [3.63, 3.8) is 0 Å². The van der Waals surface area contributed by atoms with Crippen molar-refractivity contribution >= 4 is 35.1 Å². The van der Waals surface area contributed by atoms with Crippen LogP contribution in [0.2, 0.25) is 0 Å². The van der Waals surface area contributed by atoms with Gasteiger partial charge in [-0.25, -0.2) is 0 Å². The average Bonchev–Trinajstić information content (AvgIpc) is 2.78. The summed E-state index contributed by atoms with van der Waals surface area (Å²) in [4.78, 5) is 24.4. The van der Waals surface area contributed by atoms with Gasteiger partial charge in [-0.1, -0.05) is 54.6 Å². The first-order valence-corrected chi connectivity index (χ1v) is 12.4. The van der Waals surface area contributed by atoms with Gasteiger partial charge in [0.05, 0.1) is 6.10 Å². The van der Waals surface area contributed by atoms with Gasteiger partial charge in [0.2, 0.25) is 0 Å². The van der Waals surface area contributed by atoms with Crippen molar-refractivity contribution in [3.05, 3.63) is 103 Å². The molecule has 33 heavy (non-hydrogen) atoms. The first kappa shape index (κ1) is 26.5. The zero-order chi connectivity index (χ0) is 23.0. The molecule has 172 valence electrons. The fraction of sp³-hybridized carbons (Fsp3) is 0.185. The van der Waals surface area contributed by atoms with Crippen molar-refractivity contribution in [2.45, 2.75) is 33.3 Å². The molecule has 0 aromatic heterocycles. The zero-order valence-corrected chi connectivity index (χ0v) is 21.5. The van der Waals surface area contributed by atoms with Gasteiger partial charge in [-0.2, -0.15) is 0 Å². The van der Waals surface area contributed by atoms with Crippen LogP contribution < -0.4 is 32.9 Å². The molecule has 0 unspecified atom stereocenters. The van der Waals surface area contributed by atoms with Crippen LogP contribution >= 0.6 is 7.26 Å². The van der Waals surface area contributed by atoms with Crippen LogP contribution in [0.4, 0.5) is 0 Å². The molecule has 0 amide bonds. The lowest BCUT2D eigenvalue weighted by Crippen LogP contribution is -3.00. The number of hydrogen-bond donors (Lipinski definition) is 0. The van der Waals surface area contributed by atoms with Gasteiger partial charge in [-0.15, -0.1) is 0 Å². The third-order valence-corrected chi connectivity index (χ3v) is 8.80. The predicted molar refractivity (Wildman–Crippen MR) is 131 cm³/mol. The molecule has 3 aromatic carbocycles. The number of esters is 2. The zero-order valence-electron chi connectivity index (χ0n) is 19.0. The molecule has 6 heteroatoms. The van der Waals surface area contributed by atoms with Crippen LogP contribution in [0.3, 0.4) is 0 Å². The van der Waals surface area contributed by atoms with Gasteiger partial charge < -0.3 is 26.5 Å². The van der Waals surface area contributed by atoms with E-state index in [-0.39, 0.29) is 29.5 Å². The molecule has 0 aliphatic carbocycles. The molecule has 0 N–H and O–H groups in total. The number of carbonyl (C=O) groups is 2. The summed E-state index contributed by atoms with van der Waals surface area (Å²) in [6.45, 7) is 4.93. The van der Waals surface area contributed by atoms with Gasteiger partial charge in [-0.05, 0) is 50.2 Å². The van der Waals surface area contributed by atoms with Gasteiger partial charge in [-0.3, -0.25) is 9.59 Å². The largest absolute Gasteiger partial charge is 1.00 e. The van der Waals surface area contributed by atoms with Crippen LogP contribution in [-0.4, -0.2) is 18.0 Å². The van der Waals surface area contributed by atoms with E-state index in [1.54, 1.807) is 13.8 Å². The van der Waals surface area contributed by atoms with Crippen molar-refractivity contribution in [2.24, 2.45) is 0 Å². The van der Waals surface area contributed by atoms with Gasteiger partial charge in [0.15, 0.2) is 5.76 Å². The lowest BCUT2D eigenvalue weighted by molar-refractivity contribution is -0.148. The predicted octanol–water partition coefficient (Wildman–Crippen LogP) is 1.73. The highest BCUT2D eigenvalue weighted by atomic mass is 79.9. The van der Waals surface area contributed by atoms with E-state index in [1.165, 1.54) is 6.92 Å². The molecule has 0 heterocycles. The molecule has 4 nitrogen and oxygen atoms in total. The molecular formula is C27H28BrO4P. The SMILES string of the molecule is CC(=O)O/C(=C\[P+](c1ccccc1)(c1ccccc1)c1ccccc1)CC(=O)OC(C)C.[Br-]. The number of ether oxygens (including phenoxy) is 2. The van der Waals surface area contributed by atoms with E-state index in [9.17, 15) is 9.59 Å². The Morgan fingerprint density at radius 2 is 1.18 bits per heavy atom. The van der Waals surface area contributed by atoms with E-state index in [4.69, 9.17) is 9.47 Å². The molecule has 0 saturated carbocycles. The number of carbonyl (C=O) groups excluding carboxylic acids is 2. The number of hydrogen-bond acceptors (Lipinski definition) is 4. The Balaban J connectivity index is 0.00000385. The highest BCUT2D eigenvalue weighted by Gasteiger charge is 2.45. The summed E-state index contributed by atoms with van der Waals surface area (Å²) in [5.74, 6) is 1.38.